The van der Waals surface area contributed by atoms with Crippen molar-refractivity contribution in [3.05, 3.63) is 84.7 Å². The van der Waals surface area contributed by atoms with Gasteiger partial charge in [-0.25, -0.2) is 0 Å². The summed E-state index contributed by atoms with van der Waals surface area (Å²) in [7, 11) is 0. The van der Waals surface area contributed by atoms with Gasteiger partial charge in [0.05, 0.1) is 29.0 Å². The van der Waals surface area contributed by atoms with Gasteiger partial charge >= 0.3 is 0 Å². The first-order valence-electron chi connectivity index (χ1n) is 11.1. The van der Waals surface area contributed by atoms with Crippen LogP contribution in [0.25, 0.3) is 22.2 Å². The highest BCUT2D eigenvalue weighted by Gasteiger charge is 2.26. The minimum atomic E-state index is 0.0180. The maximum absolute atomic E-state index is 9.46. The number of nitriles is 1. The van der Waals surface area contributed by atoms with Crippen LogP contribution in [0.2, 0.25) is 0 Å². The molecule has 0 unspecified atom stereocenters. The third-order valence-corrected chi connectivity index (χ3v) is 5.90. The first kappa shape index (κ1) is 20.9. The molecule has 164 valence electrons. The smallest absolute Gasteiger partial charge is 0.101 e. The van der Waals surface area contributed by atoms with Gasteiger partial charge in [0.15, 0.2) is 0 Å². The molecule has 6 heteroatoms. The van der Waals surface area contributed by atoms with Gasteiger partial charge in [0, 0.05) is 54.4 Å². The van der Waals surface area contributed by atoms with Crippen molar-refractivity contribution in [1.82, 2.24) is 9.97 Å². The van der Waals surface area contributed by atoms with Crippen LogP contribution in [0.4, 0.5) is 11.4 Å². The standard InChI is InChI=1S/C27H25N5O/c1-19-17-32(26-10-9-21(15-28)27-24(26)8-5-12-30-27)18-23(33-19)16-31-22-11-13-29-25(14-22)20-6-3-2-4-7-20/h2-14,19,23H,16-18H2,1H3,(H,29,31)/t19-,23+/m1/s1. The number of ether oxygens (including phenoxy) is 1. The summed E-state index contributed by atoms with van der Waals surface area (Å²) in [6, 6.07) is 24.3. The molecule has 1 aliphatic rings. The summed E-state index contributed by atoms with van der Waals surface area (Å²) < 4.78 is 6.24. The molecule has 0 radical (unpaired) electrons. The fourth-order valence-electron chi connectivity index (χ4n) is 4.42. The highest BCUT2D eigenvalue weighted by atomic mass is 16.5. The van der Waals surface area contributed by atoms with Crippen molar-refractivity contribution in [2.24, 2.45) is 0 Å². The summed E-state index contributed by atoms with van der Waals surface area (Å²) in [5, 5.41) is 14.0. The van der Waals surface area contributed by atoms with Crippen LogP contribution in [0.15, 0.2) is 79.1 Å². The van der Waals surface area contributed by atoms with E-state index in [4.69, 9.17) is 4.74 Å². The van der Waals surface area contributed by atoms with Crippen LogP contribution in [-0.2, 0) is 4.74 Å². The van der Waals surface area contributed by atoms with Gasteiger partial charge in [0.2, 0.25) is 0 Å². The third kappa shape index (κ3) is 4.50. The van der Waals surface area contributed by atoms with Crippen LogP contribution in [-0.4, -0.2) is 41.8 Å². The number of pyridine rings is 2. The largest absolute Gasteiger partial charge is 0.382 e. The number of nitrogens with one attached hydrogen (secondary N) is 1. The first-order valence-corrected chi connectivity index (χ1v) is 11.1. The highest BCUT2D eigenvalue weighted by molar-refractivity contribution is 5.95. The highest BCUT2D eigenvalue weighted by Crippen LogP contribution is 2.30. The lowest BCUT2D eigenvalue weighted by Crippen LogP contribution is -2.49. The number of benzene rings is 2. The van der Waals surface area contributed by atoms with Crippen molar-refractivity contribution >= 4 is 22.3 Å². The van der Waals surface area contributed by atoms with E-state index in [0.29, 0.717) is 12.1 Å². The summed E-state index contributed by atoms with van der Waals surface area (Å²) in [5.41, 5.74) is 5.49. The molecule has 4 aromatic rings. The van der Waals surface area contributed by atoms with Gasteiger partial charge in [-0.1, -0.05) is 30.3 Å². The first-order chi connectivity index (χ1) is 16.2. The minimum Gasteiger partial charge on any atom is -0.382 e. The molecule has 5 rings (SSSR count). The minimum absolute atomic E-state index is 0.0180. The van der Waals surface area contributed by atoms with Crippen molar-refractivity contribution in [3.63, 3.8) is 0 Å². The molecule has 0 amide bonds. The van der Waals surface area contributed by atoms with Gasteiger partial charge in [-0.05, 0) is 43.3 Å². The average Bonchev–Trinajstić information content (AvgIpc) is 2.87. The van der Waals surface area contributed by atoms with Gasteiger partial charge in [-0.15, -0.1) is 0 Å². The van der Waals surface area contributed by atoms with E-state index in [2.05, 4.69) is 51.4 Å². The Morgan fingerprint density at radius 3 is 2.76 bits per heavy atom. The zero-order valence-corrected chi connectivity index (χ0v) is 18.5. The van der Waals surface area contributed by atoms with E-state index >= 15 is 0 Å². The number of nitrogens with zero attached hydrogens (tertiary/aromatic N) is 4. The molecule has 1 fully saturated rings. The summed E-state index contributed by atoms with van der Waals surface area (Å²) >= 11 is 0. The second-order valence-electron chi connectivity index (χ2n) is 8.29. The topological polar surface area (TPSA) is 74.1 Å². The van der Waals surface area contributed by atoms with Crippen molar-refractivity contribution in [2.75, 3.05) is 29.9 Å². The molecule has 2 aromatic heterocycles. The van der Waals surface area contributed by atoms with E-state index in [1.54, 1.807) is 6.20 Å². The van der Waals surface area contributed by atoms with E-state index in [1.807, 2.05) is 54.7 Å². The Balaban J connectivity index is 1.33. The predicted octanol–water partition coefficient (Wildman–Crippen LogP) is 4.87. The van der Waals surface area contributed by atoms with Gasteiger partial charge in [-0.2, -0.15) is 5.26 Å². The molecule has 0 spiro atoms. The number of aromatic nitrogens is 2. The normalized spacial score (nSPS) is 18.1. The fraction of sp³-hybridized carbons (Fsp3) is 0.222. The quantitative estimate of drug-likeness (QED) is 0.482. The number of morpholine rings is 1. The van der Waals surface area contributed by atoms with Crippen LogP contribution in [0.1, 0.15) is 12.5 Å². The molecular formula is C27H25N5O. The molecule has 0 aliphatic carbocycles. The Hall–Kier alpha value is -3.95. The predicted molar refractivity (Wildman–Crippen MR) is 131 cm³/mol. The maximum Gasteiger partial charge on any atom is 0.101 e. The third-order valence-electron chi connectivity index (χ3n) is 5.90. The Kier molecular flexibility index (Phi) is 5.88. The molecule has 1 N–H and O–H groups in total. The number of hydrogen-bond acceptors (Lipinski definition) is 6. The molecular weight excluding hydrogens is 410 g/mol. The van der Waals surface area contributed by atoms with Gasteiger partial charge in [0.1, 0.15) is 6.07 Å². The summed E-state index contributed by atoms with van der Waals surface area (Å²) in [4.78, 5) is 11.3. The van der Waals surface area contributed by atoms with Crippen molar-refractivity contribution < 1.29 is 4.74 Å². The lowest BCUT2D eigenvalue weighted by Gasteiger charge is -2.39. The van der Waals surface area contributed by atoms with Crippen LogP contribution in [0.3, 0.4) is 0 Å². The van der Waals surface area contributed by atoms with E-state index < -0.39 is 0 Å². The lowest BCUT2D eigenvalue weighted by atomic mass is 10.1. The van der Waals surface area contributed by atoms with E-state index in [0.717, 1.165) is 46.6 Å². The molecule has 6 nitrogen and oxygen atoms in total. The zero-order chi connectivity index (χ0) is 22.6. The van der Waals surface area contributed by atoms with Crippen molar-refractivity contribution in [2.45, 2.75) is 19.1 Å². The lowest BCUT2D eigenvalue weighted by molar-refractivity contribution is -0.00820. The molecule has 0 bridgehead atoms. The summed E-state index contributed by atoms with van der Waals surface area (Å²) in [6.45, 7) is 4.33. The molecule has 1 aliphatic heterocycles. The van der Waals surface area contributed by atoms with Crippen LogP contribution in [0, 0.1) is 11.3 Å². The Morgan fingerprint density at radius 1 is 1.03 bits per heavy atom. The molecule has 2 aromatic carbocycles. The van der Waals surface area contributed by atoms with Crippen molar-refractivity contribution in [3.8, 4) is 17.3 Å². The number of rotatable bonds is 5. The second-order valence-corrected chi connectivity index (χ2v) is 8.29. The molecule has 3 heterocycles. The Bertz CT molecular complexity index is 1300. The SMILES string of the molecule is C[C@@H]1CN(c2ccc(C#N)c3ncccc23)C[C@H](CNc2ccnc(-c3ccccc3)c2)O1. The van der Waals surface area contributed by atoms with Crippen LogP contribution in [0.5, 0.6) is 0 Å². The zero-order valence-electron chi connectivity index (χ0n) is 18.5. The monoisotopic (exact) mass is 435 g/mol. The molecule has 2 atom stereocenters. The Labute approximate surface area is 193 Å². The number of hydrogen-bond donors (Lipinski definition) is 1. The maximum atomic E-state index is 9.46. The molecule has 33 heavy (non-hydrogen) atoms. The Morgan fingerprint density at radius 2 is 1.91 bits per heavy atom. The van der Waals surface area contributed by atoms with Gasteiger partial charge in [-0.3, -0.25) is 9.97 Å². The van der Waals surface area contributed by atoms with E-state index in [9.17, 15) is 5.26 Å². The average molecular weight is 436 g/mol. The number of fused-ring (bicyclic) bond motifs is 1. The van der Waals surface area contributed by atoms with Crippen LogP contribution < -0.4 is 10.2 Å². The van der Waals surface area contributed by atoms with Gasteiger partial charge in [0.25, 0.3) is 0 Å². The summed E-state index contributed by atoms with van der Waals surface area (Å²) in [5.74, 6) is 0. The number of anilines is 2. The van der Waals surface area contributed by atoms with Crippen LogP contribution >= 0.6 is 0 Å². The molecule has 0 saturated carbocycles. The van der Waals surface area contributed by atoms with E-state index in [1.165, 1.54) is 0 Å². The van der Waals surface area contributed by atoms with E-state index in [-0.39, 0.29) is 12.2 Å². The summed E-state index contributed by atoms with van der Waals surface area (Å²) in [6.07, 6.45) is 3.67. The van der Waals surface area contributed by atoms with Gasteiger partial charge < -0.3 is 15.0 Å². The molecule has 1 saturated heterocycles. The second kappa shape index (κ2) is 9.27. The van der Waals surface area contributed by atoms with Crippen molar-refractivity contribution in [1.29, 1.82) is 5.26 Å². The fourth-order valence-corrected chi connectivity index (χ4v) is 4.42.